The van der Waals surface area contributed by atoms with Gasteiger partial charge in [0.2, 0.25) is 11.8 Å². The zero-order valence-electron chi connectivity index (χ0n) is 17.0. The highest BCUT2D eigenvalue weighted by Gasteiger charge is 2.34. The number of nitrogens with one attached hydrogen (secondary N) is 1. The van der Waals surface area contributed by atoms with Crippen molar-refractivity contribution in [3.8, 4) is 5.69 Å². The first-order valence-corrected chi connectivity index (χ1v) is 11.0. The summed E-state index contributed by atoms with van der Waals surface area (Å²) < 4.78 is 1.77. The molecule has 1 aromatic heterocycles. The third-order valence-corrected chi connectivity index (χ3v) is 6.35. The third kappa shape index (κ3) is 4.41. The molecule has 6 nitrogen and oxygen atoms in total. The molecule has 1 unspecified atom stereocenters. The van der Waals surface area contributed by atoms with E-state index in [0.29, 0.717) is 11.6 Å². The lowest BCUT2D eigenvalue weighted by molar-refractivity contribution is -0.135. The number of nitrogens with zero attached hydrogens (tertiary/aromatic N) is 3. The van der Waals surface area contributed by atoms with Crippen LogP contribution in [0.3, 0.4) is 0 Å². The zero-order valence-corrected chi connectivity index (χ0v) is 17.9. The molecule has 1 fully saturated rings. The maximum atomic E-state index is 12.9. The number of carbonyl (C=O) groups is 2. The van der Waals surface area contributed by atoms with Gasteiger partial charge in [0.25, 0.3) is 0 Å². The van der Waals surface area contributed by atoms with E-state index in [1.807, 2.05) is 68.6 Å². The molecular formula is C23H24N4O2S. The molecule has 154 valence electrons. The van der Waals surface area contributed by atoms with Crippen molar-refractivity contribution in [2.75, 3.05) is 16.9 Å². The van der Waals surface area contributed by atoms with Gasteiger partial charge in [-0.15, -0.1) is 11.8 Å². The van der Waals surface area contributed by atoms with Gasteiger partial charge in [-0.2, -0.15) is 5.10 Å². The molecule has 0 bridgehead atoms. The third-order valence-electron chi connectivity index (χ3n) is 5.34. The molecule has 2 heterocycles. The molecule has 1 aliphatic heterocycles. The van der Waals surface area contributed by atoms with Crippen LogP contribution in [0.15, 0.2) is 60.9 Å². The summed E-state index contributed by atoms with van der Waals surface area (Å²) in [7, 11) is 0. The molecule has 30 heavy (non-hydrogen) atoms. The lowest BCUT2D eigenvalue weighted by atomic mass is 10.1. The fourth-order valence-corrected chi connectivity index (χ4v) is 4.60. The molecule has 1 atom stereocenters. The molecule has 1 N–H and O–H groups in total. The average Bonchev–Trinajstić information content (AvgIpc) is 3.43. The van der Waals surface area contributed by atoms with E-state index in [2.05, 4.69) is 10.4 Å². The second kappa shape index (κ2) is 8.75. The van der Waals surface area contributed by atoms with E-state index >= 15 is 0 Å². The molecule has 0 saturated carbocycles. The SMILES string of the molecule is Cc1ccc(NC(=O)C2CSCN2C(=O)Cc2ccc(-n3cccn3)cc2)cc1C. The number of anilines is 1. The van der Waals surface area contributed by atoms with Crippen LogP contribution in [-0.4, -0.2) is 44.2 Å². The number of rotatable bonds is 5. The Morgan fingerprint density at radius 3 is 2.63 bits per heavy atom. The number of hydrogen-bond donors (Lipinski definition) is 1. The number of aromatic nitrogens is 2. The summed E-state index contributed by atoms with van der Waals surface area (Å²) in [5, 5.41) is 7.18. The molecule has 4 rings (SSSR count). The quantitative estimate of drug-likeness (QED) is 0.685. The summed E-state index contributed by atoms with van der Waals surface area (Å²) in [5.74, 6) is 0.980. The number of thioether (sulfide) groups is 1. The number of benzene rings is 2. The highest BCUT2D eigenvalue weighted by atomic mass is 32.2. The van der Waals surface area contributed by atoms with E-state index in [0.717, 1.165) is 22.5 Å². The fourth-order valence-electron chi connectivity index (χ4n) is 3.41. The minimum Gasteiger partial charge on any atom is -0.324 e. The normalized spacial score (nSPS) is 15.9. The van der Waals surface area contributed by atoms with Gasteiger partial charge in [-0.3, -0.25) is 9.59 Å². The van der Waals surface area contributed by atoms with Crippen LogP contribution in [0.2, 0.25) is 0 Å². The highest BCUT2D eigenvalue weighted by Crippen LogP contribution is 2.24. The van der Waals surface area contributed by atoms with E-state index in [-0.39, 0.29) is 18.2 Å². The van der Waals surface area contributed by atoms with Gasteiger partial charge in [0.05, 0.1) is 18.0 Å². The van der Waals surface area contributed by atoms with Gasteiger partial charge in [0, 0.05) is 23.8 Å². The van der Waals surface area contributed by atoms with Gasteiger partial charge in [-0.05, 0) is 60.9 Å². The molecule has 2 aromatic carbocycles. The van der Waals surface area contributed by atoms with Crippen LogP contribution in [0.25, 0.3) is 5.69 Å². The van der Waals surface area contributed by atoms with E-state index in [1.54, 1.807) is 27.5 Å². The van der Waals surface area contributed by atoms with Gasteiger partial charge >= 0.3 is 0 Å². The first-order valence-electron chi connectivity index (χ1n) is 9.85. The van der Waals surface area contributed by atoms with Crippen molar-refractivity contribution in [1.82, 2.24) is 14.7 Å². The Balaban J connectivity index is 1.40. The Morgan fingerprint density at radius 2 is 1.93 bits per heavy atom. The van der Waals surface area contributed by atoms with Crippen molar-refractivity contribution in [1.29, 1.82) is 0 Å². The smallest absolute Gasteiger partial charge is 0.248 e. The Labute approximate surface area is 180 Å². The summed E-state index contributed by atoms with van der Waals surface area (Å²) in [6.07, 6.45) is 3.87. The van der Waals surface area contributed by atoms with Crippen LogP contribution in [-0.2, 0) is 16.0 Å². The van der Waals surface area contributed by atoms with Gasteiger partial charge < -0.3 is 10.2 Å². The molecule has 2 amide bonds. The second-order valence-corrected chi connectivity index (χ2v) is 8.46. The van der Waals surface area contributed by atoms with Crippen LogP contribution in [0.4, 0.5) is 5.69 Å². The molecule has 0 radical (unpaired) electrons. The minimum atomic E-state index is -0.451. The first-order chi connectivity index (χ1) is 14.5. The largest absolute Gasteiger partial charge is 0.324 e. The van der Waals surface area contributed by atoms with Crippen molar-refractivity contribution in [3.63, 3.8) is 0 Å². The van der Waals surface area contributed by atoms with E-state index in [1.165, 1.54) is 5.56 Å². The van der Waals surface area contributed by atoms with Crippen molar-refractivity contribution in [2.45, 2.75) is 26.3 Å². The van der Waals surface area contributed by atoms with E-state index in [9.17, 15) is 9.59 Å². The molecule has 1 aliphatic rings. The minimum absolute atomic E-state index is 0.0351. The Bertz CT molecular complexity index is 1050. The summed E-state index contributed by atoms with van der Waals surface area (Å²) in [6.45, 7) is 4.06. The Hall–Kier alpha value is -3.06. The molecule has 0 spiro atoms. The van der Waals surface area contributed by atoms with E-state index < -0.39 is 6.04 Å². The van der Waals surface area contributed by atoms with Crippen LogP contribution in [0.5, 0.6) is 0 Å². The van der Waals surface area contributed by atoms with Crippen molar-refractivity contribution in [3.05, 3.63) is 77.6 Å². The predicted octanol–water partition coefficient (Wildman–Crippen LogP) is 3.57. The van der Waals surface area contributed by atoms with Crippen molar-refractivity contribution < 1.29 is 9.59 Å². The van der Waals surface area contributed by atoms with E-state index in [4.69, 9.17) is 0 Å². The van der Waals surface area contributed by atoms with Crippen LogP contribution in [0.1, 0.15) is 16.7 Å². The standard InChI is InChI=1S/C23H24N4O2S/c1-16-4-7-19(12-17(16)2)25-23(29)21-14-30-15-26(21)22(28)13-18-5-8-20(9-6-18)27-11-3-10-24-27/h3-12,21H,13-15H2,1-2H3,(H,25,29). The summed E-state index contributed by atoms with van der Waals surface area (Å²) in [5.41, 5.74) is 4.93. The fraction of sp³-hybridized carbons (Fsp3) is 0.261. The highest BCUT2D eigenvalue weighted by molar-refractivity contribution is 7.99. The van der Waals surface area contributed by atoms with Gasteiger partial charge in [0.1, 0.15) is 6.04 Å². The number of aryl methyl sites for hydroxylation is 2. The number of carbonyl (C=O) groups excluding carboxylic acids is 2. The summed E-state index contributed by atoms with van der Waals surface area (Å²) in [4.78, 5) is 27.4. The van der Waals surface area contributed by atoms with Crippen molar-refractivity contribution >= 4 is 29.3 Å². The maximum Gasteiger partial charge on any atom is 0.248 e. The molecular weight excluding hydrogens is 396 g/mol. The summed E-state index contributed by atoms with van der Waals surface area (Å²) in [6, 6.07) is 15.0. The van der Waals surface area contributed by atoms with Crippen molar-refractivity contribution in [2.24, 2.45) is 0 Å². The maximum absolute atomic E-state index is 12.9. The second-order valence-electron chi connectivity index (χ2n) is 7.46. The van der Waals surface area contributed by atoms with Crippen LogP contribution in [0, 0.1) is 13.8 Å². The first kappa shape index (κ1) is 20.2. The van der Waals surface area contributed by atoms with Crippen LogP contribution >= 0.6 is 11.8 Å². The average molecular weight is 421 g/mol. The summed E-state index contributed by atoms with van der Waals surface area (Å²) >= 11 is 1.61. The number of hydrogen-bond acceptors (Lipinski definition) is 4. The number of amides is 2. The van der Waals surface area contributed by atoms with Crippen LogP contribution < -0.4 is 5.32 Å². The molecule has 3 aromatic rings. The van der Waals surface area contributed by atoms with Gasteiger partial charge in [-0.25, -0.2) is 4.68 Å². The monoisotopic (exact) mass is 420 g/mol. The molecule has 0 aliphatic carbocycles. The topological polar surface area (TPSA) is 67.2 Å². The van der Waals surface area contributed by atoms with Gasteiger partial charge in [-0.1, -0.05) is 18.2 Å². The Morgan fingerprint density at radius 1 is 1.13 bits per heavy atom. The van der Waals surface area contributed by atoms with Gasteiger partial charge in [0.15, 0.2) is 0 Å². The predicted molar refractivity (Wildman–Crippen MR) is 120 cm³/mol. The Kier molecular flexibility index (Phi) is 5.90. The zero-order chi connectivity index (χ0) is 21.1. The molecule has 1 saturated heterocycles. The molecule has 7 heteroatoms. The lowest BCUT2D eigenvalue weighted by Crippen LogP contribution is -2.45. The lowest BCUT2D eigenvalue weighted by Gasteiger charge is -2.23.